The van der Waals surface area contributed by atoms with Crippen LogP contribution in [0.1, 0.15) is 0 Å². The molecule has 2 N–H and O–H groups in total. The number of para-hydroxylation sites is 1. The van der Waals surface area contributed by atoms with E-state index in [9.17, 15) is 13.0 Å². The summed E-state index contributed by atoms with van der Waals surface area (Å²) in [5.41, 5.74) is 5.22. The first-order chi connectivity index (χ1) is 5.96. The van der Waals surface area contributed by atoms with Crippen molar-refractivity contribution >= 4 is 15.8 Å². The van der Waals surface area contributed by atoms with E-state index in [0.717, 1.165) is 6.07 Å². The Hall–Kier alpha value is -0.673. The molecule has 5 nitrogen and oxygen atoms in total. The molecule has 0 bridgehead atoms. The number of nitrogens with two attached hydrogens (primary N) is 1. The summed E-state index contributed by atoms with van der Waals surface area (Å²) in [6.45, 7) is 0. The molecule has 0 spiro atoms. The fourth-order valence-electron chi connectivity index (χ4n) is 0.920. The third-order valence-electron chi connectivity index (χ3n) is 1.52. The topological polar surface area (TPSA) is 92.5 Å². The summed E-state index contributed by atoms with van der Waals surface area (Å²) in [7, 11) is -3.18. The Morgan fingerprint density at radius 3 is 2.43 bits per heavy atom. The zero-order valence-electron chi connectivity index (χ0n) is 7.85. The van der Waals surface area contributed by atoms with Crippen LogP contribution in [-0.4, -0.2) is 20.1 Å². The van der Waals surface area contributed by atoms with Crippen molar-refractivity contribution in [3.05, 3.63) is 18.2 Å². The van der Waals surface area contributed by atoms with Gasteiger partial charge in [-0.2, -0.15) is 0 Å². The summed E-state index contributed by atoms with van der Waals surface area (Å²) >= 11 is 0. The van der Waals surface area contributed by atoms with E-state index in [1.165, 1.54) is 19.2 Å². The van der Waals surface area contributed by atoms with Gasteiger partial charge in [0, 0.05) is 0 Å². The molecule has 1 rings (SSSR count). The molecule has 0 fully saturated rings. The Balaban J connectivity index is 0.00000169. The molecule has 1 aromatic carbocycles. The maximum atomic E-state index is 10.6. The Morgan fingerprint density at radius 1 is 1.43 bits per heavy atom. The van der Waals surface area contributed by atoms with Crippen molar-refractivity contribution in [1.29, 1.82) is 0 Å². The van der Waals surface area contributed by atoms with Crippen molar-refractivity contribution in [3.8, 4) is 5.75 Å². The summed E-state index contributed by atoms with van der Waals surface area (Å²) in [5.74, 6) is 0.178. The minimum absolute atomic E-state index is 0. The Morgan fingerprint density at radius 2 is 2.00 bits per heavy atom. The Labute approximate surface area is 94.2 Å². The summed E-state index contributed by atoms with van der Waals surface area (Å²) in [6.07, 6.45) is 0. The van der Waals surface area contributed by atoms with Gasteiger partial charge in [-0.25, -0.2) is 8.42 Å². The molecule has 0 aliphatic rings. The fraction of sp³-hybridized carbons (Fsp3) is 0.143. The van der Waals surface area contributed by atoms with E-state index in [1.807, 2.05) is 0 Å². The number of methoxy groups -OCH3 is 1. The monoisotopic (exact) mass is 209 g/mol. The van der Waals surface area contributed by atoms with Crippen molar-refractivity contribution in [2.45, 2.75) is 4.90 Å². The number of hydrogen-bond acceptors (Lipinski definition) is 5. The predicted molar refractivity (Wildman–Crippen MR) is 45.4 cm³/mol. The molecular formula is C7H8LiNO4S. The zero-order chi connectivity index (χ0) is 10.1. The fourth-order valence-corrected chi connectivity index (χ4v) is 1.54. The Bertz CT molecular complexity index is 418. The molecule has 0 atom stereocenters. The molecule has 0 aliphatic carbocycles. The number of hydrogen-bond donors (Lipinski definition) is 1. The van der Waals surface area contributed by atoms with Crippen LogP contribution in [0.15, 0.2) is 23.1 Å². The average molecular weight is 209 g/mol. The molecule has 14 heavy (non-hydrogen) atoms. The van der Waals surface area contributed by atoms with Gasteiger partial charge in [0.2, 0.25) is 0 Å². The molecule has 0 unspecified atom stereocenters. The summed E-state index contributed by atoms with van der Waals surface area (Å²) in [5, 5.41) is 0. The number of anilines is 1. The van der Waals surface area contributed by atoms with Crippen molar-refractivity contribution in [2.24, 2.45) is 0 Å². The minimum atomic E-state index is -4.52. The molecule has 0 aromatic heterocycles. The summed E-state index contributed by atoms with van der Waals surface area (Å²) in [6, 6.07) is 4.00. The Kier molecular flexibility index (Phi) is 4.48. The number of ether oxygens (including phenoxy) is 1. The summed E-state index contributed by atoms with van der Waals surface area (Å²) < 4.78 is 36.6. The van der Waals surface area contributed by atoms with Crippen LogP contribution in [0.3, 0.4) is 0 Å². The van der Waals surface area contributed by atoms with E-state index in [0.29, 0.717) is 0 Å². The molecule has 7 heteroatoms. The van der Waals surface area contributed by atoms with E-state index in [4.69, 9.17) is 10.5 Å². The molecule has 0 aliphatic heterocycles. The standard InChI is InChI=1S/C7H9NO4S.Li/c1-12-5-3-2-4-6(7(5)8)13(9,10)11;/h2-4H,8H2,1H3,(H,9,10,11);/q;+1/p-1. The van der Waals surface area contributed by atoms with Crippen LogP contribution in [0.25, 0.3) is 0 Å². The smallest absolute Gasteiger partial charge is 0.744 e. The van der Waals surface area contributed by atoms with Gasteiger partial charge in [-0.05, 0) is 12.1 Å². The van der Waals surface area contributed by atoms with Crippen LogP contribution in [0.5, 0.6) is 5.75 Å². The van der Waals surface area contributed by atoms with Crippen molar-refractivity contribution in [2.75, 3.05) is 12.8 Å². The first-order valence-electron chi connectivity index (χ1n) is 3.35. The van der Waals surface area contributed by atoms with Gasteiger partial charge in [-0.3, -0.25) is 0 Å². The van der Waals surface area contributed by atoms with Crippen molar-refractivity contribution < 1.29 is 36.6 Å². The van der Waals surface area contributed by atoms with Gasteiger partial charge in [-0.1, -0.05) is 6.07 Å². The largest absolute Gasteiger partial charge is 1.00 e. The van der Waals surface area contributed by atoms with Crippen LogP contribution in [0, 0.1) is 0 Å². The second-order valence-electron chi connectivity index (χ2n) is 2.33. The van der Waals surface area contributed by atoms with Gasteiger partial charge in [0.15, 0.2) is 0 Å². The second-order valence-corrected chi connectivity index (χ2v) is 3.67. The average Bonchev–Trinajstić information content (AvgIpc) is 2.02. The molecule has 0 amide bonds. The molecular weight excluding hydrogens is 201 g/mol. The second kappa shape index (κ2) is 4.71. The van der Waals surface area contributed by atoms with E-state index in [2.05, 4.69) is 0 Å². The maximum Gasteiger partial charge on any atom is 1.00 e. The molecule has 72 valence electrons. The van der Waals surface area contributed by atoms with E-state index >= 15 is 0 Å². The quantitative estimate of drug-likeness (QED) is 0.322. The zero-order valence-corrected chi connectivity index (χ0v) is 8.67. The van der Waals surface area contributed by atoms with Crippen LogP contribution in [0.2, 0.25) is 0 Å². The number of rotatable bonds is 2. The normalized spacial score (nSPS) is 10.4. The molecule has 0 saturated carbocycles. The third-order valence-corrected chi connectivity index (χ3v) is 2.41. The minimum Gasteiger partial charge on any atom is -0.744 e. The van der Waals surface area contributed by atoms with Crippen molar-refractivity contribution in [3.63, 3.8) is 0 Å². The predicted octanol–water partition coefficient (Wildman–Crippen LogP) is -2.81. The number of nitrogen functional groups attached to an aromatic ring is 1. The molecule has 1 aromatic rings. The molecule has 0 saturated heterocycles. The first-order valence-corrected chi connectivity index (χ1v) is 4.76. The summed E-state index contributed by atoms with van der Waals surface area (Å²) in [4.78, 5) is -0.452. The van der Waals surface area contributed by atoms with Gasteiger partial charge in [0.25, 0.3) is 0 Å². The van der Waals surface area contributed by atoms with E-state index < -0.39 is 15.0 Å². The van der Waals surface area contributed by atoms with Gasteiger partial charge in [-0.15, -0.1) is 0 Å². The van der Waals surface area contributed by atoms with Gasteiger partial charge in [0.1, 0.15) is 15.9 Å². The van der Waals surface area contributed by atoms with Crippen LogP contribution in [-0.2, 0) is 10.1 Å². The van der Waals surface area contributed by atoms with Crippen LogP contribution in [0.4, 0.5) is 5.69 Å². The van der Waals surface area contributed by atoms with E-state index in [1.54, 1.807) is 0 Å². The van der Waals surface area contributed by atoms with Crippen LogP contribution >= 0.6 is 0 Å². The molecule has 0 radical (unpaired) electrons. The van der Waals surface area contributed by atoms with E-state index in [-0.39, 0.29) is 30.3 Å². The van der Waals surface area contributed by atoms with Crippen molar-refractivity contribution in [1.82, 2.24) is 0 Å². The van der Waals surface area contributed by atoms with Crippen LogP contribution < -0.4 is 29.3 Å². The molecule has 0 heterocycles. The first kappa shape index (κ1) is 13.3. The third kappa shape index (κ3) is 2.66. The maximum absolute atomic E-state index is 10.6. The number of benzene rings is 1. The van der Waals surface area contributed by atoms with Gasteiger partial charge >= 0.3 is 18.9 Å². The van der Waals surface area contributed by atoms with Gasteiger partial charge in [0.05, 0.1) is 17.7 Å². The van der Waals surface area contributed by atoms with Gasteiger partial charge < -0.3 is 15.0 Å². The SMILES string of the molecule is COc1cccc(S(=O)(=O)[O-])c1N.[Li+].